The molecule has 1 aromatic rings. The van der Waals surface area contributed by atoms with Gasteiger partial charge in [-0.3, -0.25) is 9.78 Å². The number of ether oxygens (including phenoxy) is 1. The van der Waals surface area contributed by atoms with E-state index in [2.05, 4.69) is 16.8 Å². The lowest BCUT2D eigenvalue weighted by molar-refractivity contribution is -0.0387. The van der Waals surface area contributed by atoms with Crippen molar-refractivity contribution in [1.82, 2.24) is 9.88 Å². The summed E-state index contributed by atoms with van der Waals surface area (Å²) in [5.41, 5.74) is 1.06. The minimum Gasteiger partial charge on any atom is -0.384 e. The lowest BCUT2D eigenvalue weighted by Crippen LogP contribution is -2.50. The van der Waals surface area contributed by atoms with Gasteiger partial charge in [0.2, 0.25) is 0 Å². The number of amides is 1. The number of pyridine rings is 1. The van der Waals surface area contributed by atoms with Crippen LogP contribution in [0.25, 0.3) is 0 Å². The monoisotopic (exact) mass is 274 g/mol. The van der Waals surface area contributed by atoms with Gasteiger partial charge in [0.25, 0.3) is 5.91 Å². The van der Waals surface area contributed by atoms with Gasteiger partial charge in [-0.05, 0) is 19.9 Å². The number of nitrogens with zero attached hydrogens (tertiary/aromatic N) is 2. The SMILES string of the molecule is CC1CN(C(=O)c2ccncc2C#CCO)C(C)CO1. The predicted molar refractivity (Wildman–Crippen MR) is 74.1 cm³/mol. The summed E-state index contributed by atoms with van der Waals surface area (Å²) in [6, 6.07) is 1.70. The first-order valence-corrected chi connectivity index (χ1v) is 6.59. The number of aliphatic hydroxyl groups is 1. The van der Waals surface area contributed by atoms with Gasteiger partial charge in [0.1, 0.15) is 6.61 Å². The summed E-state index contributed by atoms with van der Waals surface area (Å²) >= 11 is 0. The zero-order valence-corrected chi connectivity index (χ0v) is 11.7. The highest BCUT2D eigenvalue weighted by Crippen LogP contribution is 2.17. The number of aromatic nitrogens is 1. The minimum absolute atomic E-state index is 0.0314. The fraction of sp³-hybridized carbons (Fsp3) is 0.467. The van der Waals surface area contributed by atoms with Gasteiger partial charge in [-0.15, -0.1) is 0 Å². The molecule has 1 aromatic heterocycles. The van der Waals surface area contributed by atoms with Crippen molar-refractivity contribution in [1.29, 1.82) is 0 Å². The van der Waals surface area contributed by atoms with E-state index >= 15 is 0 Å². The second-order valence-electron chi connectivity index (χ2n) is 4.83. The molecule has 2 atom stereocenters. The van der Waals surface area contributed by atoms with Crippen LogP contribution < -0.4 is 0 Å². The van der Waals surface area contributed by atoms with E-state index in [1.165, 1.54) is 0 Å². The lowest BCUT2D eigenvalue weighted by atomic mass is 10.1. The third kappa shape index (κ3) is 3.16. The molecule has 0 aromatic carbocycles. The van der Waals surface area contributed by atoms with Crippen molar-refractivity contribution in [3.8, 4) is 11.8 Å². The Morgan fingerprint density at radius 1 is 1.60 bits per heavy atom. The number of carbonyl (C=O) groups excluding carboxylic acids is 1. The summed E-state index contributed by atoms with van der Waals surface area (Å²) in [5.74, 6) is 5.25. The Bertz CT molecular complexity index is 548. The molecule has 20 heavy (non-hydrogen) atoms. The fourth-order valence-electron chi connectivity index (χ4n) is 2.16. The maximum Gasteiger partial charge on any atom is 0.255 e. The third-order valence-corrected chi connectivity index (χ3v) is 3.22. The molecule has 0 saturated carbocycles. The summed E-state index contributed by atoms with van der Waals surface area (Å²) in [7, 11) is 0. The van der Waals surface area contributed by atoms with Crippen LogP contribution in [0.5, 0.6) is 0 Å². The molecule has 1 aliphatic heterocycles. The number of morpholine rings is 1. The Labute approximate surface area is 118 Å². The van der Waals surface area contributed by atoms with Gasteiger partial charge in [-0.1, -0.05) is 11.8 Å². The molecule has 5 nitrogen and oxygen atoms in total. The molecule has 1 aliphatic rings. The molecule has 1 fully saturated rings. The predicted octanol–water partition coefficient (Wildman–Crippen LogP) is 0.675. The van der Waals surface area contributed by atoms with Crippen LogP contribution in [0.1, 0.15) is 29.8 Å². The summed E-state index contributed by atoms with van der Waals surface area (Å²) in [6.07, 6.45) is 3.15. The Kier molecular flexibility index (Phi) is 4.72. The van der Waals surface area contributed by atoms with Crippen molar-refractivity contribution < 1.29 is 14.6 Å². The van der Waals surface area contributed by atoms with E-state index in [0.717, 1.165) is 0 Å². The van der Waals surface area contributed by atoms with Crippen LogP contribution in [0, 0.1) is 11.8 Å². The molecule has 1 amide bonds. The van der Waals surface area contributed by atoms with Gasteiger partial charge in [0.05, 0.1) is 29.9 Å². The Morgan fingerprint density at radius 3 is 3.15 bits per heavy atom. The topological polar surface area (TPSA) is 62.7 Å². The van der Waals surface area contributed by atoms with E-state index in [9.17, 15) is 4.79 Å². The van der Waals surface area contributed by atoms with Crippen LogP contribution >= 0.6 is 0 Å². The molecular weight excluding hydrogens is 256 g/mol. The first-order valence-electron chi connectivity index (χ1n) is 6.59. The Hall–Kier alpha value is -1.90. The Balaban J connectivity index is 2.28. The van der Waals surface area contributed by atoms with Crippen LogP contribution in [0.3, 0.4) is 0 Å². The third-order valence-electron chi connectivity index (χ3n) is 3.22. The second kappa shape index (κ2) is 6.51. The van der Waals surface area contributed by atoms with E-state index in [-0.39, 0.29) is 24.7 Å². The quantitative estimate of drug-likeness (QED) is 0.765. The highest BCUT2D eigenvalue weighted by molar-refractivity contribution is 5.96. The van der Waals surface area contributed by atoms with Crippen molar-refractivity contribution in [2.75, 3.05) is 19.8 Å². The van der Waals surface area contributed by atoms with Crippen LogP contribution in [0.15, 0.2) is 18.5 Å². The molecule has 2 rings (SSSR count). The molecule has 0 aliphatic carbocycles. The highest BCUT2D eigenvalue weighted by Gasteiger charge is 2.29. The first kappa shape index (κ1) is 14.5. The minimum atomic E-state index is -0.243. The van der Waals surface area contributed by atoms with E-state index < -0.39 is 0 Å². The van der Waals surface area contributed by atoms with Crippen molar-refractivity contribution in [2.24, 2.45) is 0 Å². The molecule has 0 spiro atoms. The van der Waals surface area contributed by atoms with E-state index in [4.69, 9.17) is 9.84 Å². The molecule has 1 saturated heterocycles. The zero-order chi connectivity index (χ0) is 14.5. The van der Waals surface area contributed by atoms with E-state index in [0.29, 0.717) is 24.3 Å². The molecule has 1 N–H and O–H groups in total. The van der Waals surface area contributed by atoms with Gasteiger partial charge in [-0.2, -0.15) is 0 Å². The fourth-order valence-corrected chi connectivity index (χ4v) is 2.16. The van der Waals surface area contributed by atoms with Crippen molar-refractivity contribution in [2.45, 2.75) is 26.0 Å². The first-order chi connectivity index (χ1) is 9.63. The largest absolute Gasteiger partial charge is 0.384 e. The van der Waals surface area contributed by atoms with E-state index in [1.807, 2.05) is 13.8 Å². The molecule has 2 unspecified atom stereocenters. The number of aliphatic hydroxyl groups excluding tert-OH is 1. The van der Waals surface area contributed by atoms with Crippen LogP contribution in [-0.2, 0) is 4.74 Å². The van der Waals surface area contributed by atoms with Crippen LogP contribution in [0.4, 0.5) is 0 Å². The second-order valence-corrected chi connectivity index (χ2v) is 4.83. The van der Waals surface area contributed by atoms with Gasteiger partial charge in [0.15, 0.2) is 0 Å². The lowest BCUT2D eigenvalue weighted by Gasteiger charge is -2.37. The number of hydrogen-bond donors (Lipinski definition) is 1. The average Bonchev–Trinajstić information content (AvgIpc) is 2.47. The average molecular weight is 274 g/mol. The van der Waals surface area contributed by atoms with Gasteiger partial charge in [-0.25, -0.2) is 0 Å². The summed E-state index contributed by atoms with van der Waals surface area (Å²) in [6.45, 7) is 4.77. The van der Waals surface area contributed by atoms with Crippen molar-refractivity contribution >= 4 is 5.91 Å². The van der Waals surface area contributed by atoms with Crippen LogP contribution in [-0.4, -0.2) is 52.8 Å². The molecule has 106 valence electrons. The molecule has 0 bridgehead atoms. The Morgan fingerprint density at radius 2 is 2.40 bits per heavy atom. The van der Waals surface area contributed by atoms with E-state index in [1.54, 1.807) is 23.4 Å². The number of carbonyl (C=O) groups is 1. The standard InChI is InChI=1S/C15H18N2O3/c1-11-10-20-12(2)9-17(11)15(19)14-5-6-16-8-13(14)4-3-7-18/h5-6,8,11-12,18H,7,9-10H2,1-2H3. The number of hydrogen-bond acceptors (Lipinski definition) is 4. The smallest absolute Gasteiger partial charge is 0.255 e. The number of rotatable bonds is 1. The van der Waals surface area contributed by atoms with Gasteiger partial charge in [0, 0.05) is 18.9 Å². The summed E-state index contributed by atoms with van der Waals surface area (Å²) in [5, 5.41) is 8.78. The molecular formula is C15H18N2O3. The highest BCUT2D eigenvalue weighted by atomic mass is 16.5. The summed E-state index contributed by atoms with van der Waals surface area (Å²) in [4.78, 5) is 18.4. The normalized spacial score (nSPS) is 22.1. The van der Waals surface area contributed by atoms with Crippen molar-refractivity contribution in [3.63, 3.8) is 0 Å². The van der Waals surface area contributed by atoms with Crippen molar-refractivity contribution in [3.05, 3.63) is 29.6 Å². The van der Waals surface area contributed by atoms with Gasteiger partial charge < -0.3 is 14.7 Å². The molecule has 5 heteroatoms. The molecule has 2 heterocycles. The van der Waals surface area contributed by atoms with Crippen LogP contribution in [0.2, 0.25) is 0 Å². The molecule has 0 radical (unpaired) electrons. The zero-order valence-electron chi connectivity index (χ0n) is 11.7. The van der Waals surface area contributed by atoms with Gasteiger partial charge >= 0.3 is 0 Å². The maximum atomic E-state index is 12.7. The summed E-state index contributed by atoms with van der Waals surface area (Å²) < 4.78 is 5.53. The maximum absolute atomic E-state index is 12.7.